The number of hydrogen-bond donors (Lipinski definition) is 2. The number of rotatable bonds is 7. The Morgan fingerprint density at radius 1 is 1.35 bits per heavy atom. The molecule has 0 aliphatic rings. The predicted octanol–water partition coefficient (Wildman–Crippen LogP) is 3.71. The first-order valence-corrected chi connectivity index (χ1v) is 9.38. The quantitative estimate of drug-likeness (QED) is 0.588. The van der Waals surface area contributed by atoms with Crippen molar-refractivity contribution in [3.63, 3.8) is 0 Å². The van der Waals surface area contributed by atoms with Gasteiger partial charge >= 0.3 is 0 Å². The second-order valence-corrected chi connectivity index (χ2v) is 7.87. The van der Waals surface area contributed by atoms with E-state index in [1.807, 2.05) is 24.3 Å². The first kappa shape index (κ1) is 18.2. The Bertz CT molecular complexity index is 895. The van der Waals surface area contributed by atoms with Gasteiger partial charge in [0.05, 0.1) is 12.4 Å². The zero-order valence-electron chi connectivity index (χ0n) is 14.3. The van der Waals surface area contributed by atoms with Crippen LogP contribution in [-0.4, -0.2) is 33.6 Å². The topological polar surface area (TPSA) is 102 Å². The van der Waals surface area contributed by atoms with Crippen molar-refractivity contribution in [2.75, 3.05) is 17.7 Å². The van der Waals surface area contributed by atoms with Gasteiger partial charge < -0.3 is 19.9 Å². The van der Waals surface area contributed by atoms with E-state index < -0.39 is 0 Å². The van der Waals surface area contributed by atoms with Gasteiger partial charge in [0.2, 0.25) is 11.0 Å². The van der Waals surface area contributed by atoms with Gasteiger partial charge in [0.25, 0.3) is 0 Å². The van der Waals surface area contributed by atoms with Gasteiger partial charge in [-0.2, -0.15) is 0 Å². The van der Waals surface area contributed by atoms with E-state index in [9.17, 15) is 4.79 Å². The fourth-order valence-corrected chi connectivity index (χ4v) is 3.91. The van der Waals surface area contributed by atoms with E-state index in [2.05, 4.69) is 26.0 Å². The van der Waals surface area contributed by atoms with Crippen molar-refractivity contribution in [3.05, 3.63) is 36.1 Å². The zero-order valence-corrected chi connectivity index (χ0v) is 16.0. The Labute approximate surface area is 158 Å². The summed E-state index contributed by atoms with van der Waals surface area (Å²) in [6, 6.07) is 9.19. The van der Waals surface area contributed by atoms with Crippen LogP contribution in [0.5, 0.6) is 5.75 Å². The Balaban J connectivity index is 1.57. The number of ether oxygens (including phenoxy) is 1. The van der Waals surface area contributed by atoms with Crippen LogP contribution in [0.2, 0.25) is 0 Å². The molecule has 26 heavy (non-hydrogen) atoms. The summed E-state index contributed by atoms with van der Waals surface area (Å²) in [5.41, 5.74) is 0.851. The van der Waals surface area contributed by atoms with E-state index in [1.54, 1.807) is 27.0 Å². The summed E-state index contributed by atoms with van der Waals surface area (Å²) in [5.74, 6) is 1.61. The van der Waals surface area contributed by atoms with Crippen molar-refractivity contribution >= 4 is 45.6 Å². The van der Waals surface area contributed by atoms with Crippen LogP contribution in [0.3, 0.4) is 0 Å². The van der Waals surface area contributed by atoms with E-state index >= 15 is 0 Å². The number of methoxy groups -OCH3 is 1. The second kappa shape index (κ2) is 8.19. The van der Waals surface area contributed by atoms with E-state index in [1.165, 1.54) is 23.1 Å². The molecule has 2 aromatic heterocycles. The summed E-state index contributed by atoms with van der Waals surface area (Å²) in [4.78, 5) is 12.2. The van der Waals surface area contributed by atoms with Crippen LogP contribution in [0.25, 0.3) is 0 Å². The number of aromatic nitrogens is 3. The number of amides is 1. The van der Waals surface area contributed by atoms with E-state index in [0.717, 1.165) is 11.4 Å². The van der Waals surface area contributed by atoms with Crippen molar-refractivity contribution in [2.45, 2.75) is 23.4 Å². The van der Waals surface area contributed by atoms with Crippen LogP contribution < -0.4 is 15.4 Å². The van der Waals surface area contributed by atoms with Crippen molar-refractivity contribution < 1.29 is 14.1 Å². The van der Waals surface area contributed by atoms with E-state index in [4.69, 9.17) is 9.26 Å². The van der Waals surface area contributed by atoms with Crippen molar-refractivity contribution in [3.8, 4) is 5.75 Å². The minimum absolute atomic E-state index is 0.180. The van der Waals surface area contributed by atoms with Gasteiger partial charge in [-0.25, -0.2) is 0 Å². The lowest BCUT2D eigenvalue weighted by atomic mass is 10.3. The molecule has 136 valence electrons. The number of aryl methyl sites for hydroxylation is 1. The molecule has 3 aromatic rings. The zero-order chi connectivity index (χ0) is 18.5. The fraction of sp³-hybridized carbons (Fsp3) is 0.250. The summed E-state index contributed by atoms with van der Waals surface area (Å²) in [6.45, 7) is 3.56. The smallest absolute Gasteiger partial charge is 0.238 e. The average molecular weight is 391 g/mol. The number of anilines is 3. The van der Waals surface area contributed by atoms with Gasteiger partial charge in [0, 0.05) is 17.8 Å². The fourth-order valence-electron chi connectivity index (χ4n) is 1.99. The molecule has 1 amide bonds. The Morgan fingerprint density at radius 2 is 2.19 bits per heavy atom. The van der Waals surface area contributed by atoms with Crippen molar-refractivity contribution in [1.82, 2.24) is 15.4 Å². The molecule has 2 heterocycles. The third kappa shape index (κ3) is 4.73. The van der Waals surface area contributed by atoms with Gasteiger partial charge in [0.15, 0.2) is 10.2 Å². The molecule has 0 bridgehead atoms. The molecule has 8 nitrogen and oxygen atoms in total. The van der Waals surface area contributed by atoms with Gasteiger partial charge in [-0.3, -0.25) is 4.79 Å². The Kier molecular flexibility index (Phi) is 5.74. The minimum atomic E-state index is -0.357. The highest BCUT2D eigenvalue weighted by atomic mass is 32.2. The molecule has 0 radical (unpaired) electrons. The second-order valence-electron chi connectivity index (χ2n) is 5.30. The molecule has 0 aliphatic carbocycles. The van der Waals surface area contributed by atoms with Crippen LogP contribution in [-0.2, 0) is 4.79 Å². The summed E-state index contributed by atoms with van der Waals surface area (Å²) in [5, 5.41) is 18.1. The molecule has 3 rings (SSSR count). The molecule has 1 atom stereocenters. The number of carbonyl (C=O) groups excluding carboxylic acids is 1. The predicted molar refractivity (Wildman–Crippen MR) is 101 cm³/mol. The van der Waals surface area contributed by atoms with Crippen LogP contribution >= 0.6 is 23.1 Å². The standard InChI is InChI=1S/C16H17N5O3S2/c1-9-7-13(21-24-9)18-14(22)10(2)25-16-20-19-15(26-16)17-11-5-4-6-12(8-11)23-3/h4-8,10H,1-3H3,(H,17,19)(H,18,21,22). The maximum absolute atomic E-state index is 12.2. The maximum atomic E-state index is 12.2. The van der Waals surface area contributed by atoms with Gasteiger partial charge in [-0.15, -0.1) is 10.2 Å². The summed E-state index contributed by atoms with van der Waals surface area (Å²) < 4.78 is 10.8. The summed E-state index contributed by atoms with van der Waals surface area (Å²) >= 11 is 2.70. The number of benzene rings is 1. The number of thioether (sulfide) groups is 1. The highest BCUT2D eigenvalue weighted by Gasteiger charge is 2.18. The lowest BCUT2D eigenvalue weighted by molar-refractivity contribution is -0.115. The number of hydrogen-bond acceptors (Lipinski definition) is 9. The highest BCUT2D eigenvalue weighted by Crippen LogP contribution is 2.31. The first-order chi connectivity index (χ1) is 12.5. The Morgan fingerprint density at radius 3 is 2.92 bits per heavy atom. The first-order valence-electron chi connectivity index (χ1n) is 7.69. The number of nitrogens with one attached hydrogen (secondary N) is 2. The molecule has 0 spiro atoms. The van der Waals surface area contributed by atoms with Gasteiger partial charge in [0.1, 0.15) is 11.5 Å². The molecule has 0 saturated carbocycles. The third-order valence-electron chi connectivity index (χ3n) is 3.25. The van der Waals surface area contributed by atoms with Crippen LogP contribution in [0, 0.1) is 6.92 Å². The van der Waals surface area contributed by atoms with Crippen LogP contribution in [0.1, 0.15) is 12.7 Å². The number of nitrogens with zero attached hydrogens (tertiary/aromatic N) is 3. The summed E-state index contributed by atoms with van der Waals surface area (Å²) in [7, 11) is 1.62. The molecule has 10 heteroatoms. The lowest BCUT2D eigenvalue weighted by Gasteiger charge is -2.07. The van der Waals surface area contributed by atoms with Gasteiger partial charge in [-0.1, -0.05) is 34.3 Å². The SMILES string of the molecule is COc1cccc(Nc2nnc(SC(C)C(=O)Nc3cc(C)on3)s2)c1. The maximum Gasteiger partial charge on any atom is 0.238 e. The molecule has 1 aromatic carbocycles. The molecule has 1 unspecified atom stereocenters. The van der Waals surface area contributed by atoms with E-state index in [0.29, 0.717) is 21.0 Å². The molecule has 0 aliphatic heterocycles. The highest BCUT2D eigenvalue weighted by molar-refractivity contribution is 8.02. The van der Waals surface area contributed by atoms with Gasteiger partial charge in [-0.05, 0) is 26.0 Å². The molecular weight excluding hydrogens is 374 g/mol. The lowest BCUT2D eigenvalue weighted by Crippen LogP contribution is -2.22. The average Bonchev–Trinajstić information content (AvgIpc) is 3.23. The minimum Gasteiger partial charge on any atom is -0.497 e. The molecule has 0 saturated heterocycles. The molecule has 2 N–H and O–H groups in total. The summed E-state index contributed by atoms with van der Waals surface area (Å²) in [6.07, 6.45) is 0. The number of carbonyl (C=O) groups is 1. The largest absolute Gasteiger partial charge is 0.497 e. The normalized spacial score (nSPS) is 11.8. The van der Waals surface area contributed by atoms with Crippen LogP contribution in [0.4, 0.5) is 16.6 Å². The monoisotopic (exact) mass is 391 g/mol. The van der Waals surface area contributed by atoms with E-state index in [-0.39, 0.29) is 11.2 Å². The van der Waals surface area contributed by atoms with Crippen molar-refractivity contribution in [2.24, 2.45) is 0 Å². The Hall–Kier alpha value is -2.59. The third-order valence-corrected chi connectivity index (χ3v) is 5.28. The molecular formula is C16H17N5O3S2. The molecule has 0 fully saturated rings. The van der Waals surface area contributed by atoms with Crippen molar-refractivity contribution in [1.29, 1.82) is 0 Å². The van der Waals surface area contributed by atoms with Crippen LogP contribution in [0.15, 0.2) is 39.2 Å².